The molecule has 1 atom stereocenters. The molecular weight excluding hydrogens is 302 g/mol. The molecule has 1 unspecified atom stereocenters. The van der Waals surface area contributed by atoms with Gasteiger partial charge in [-0.2, -0.15) is 5.10 Å². The van der Waals surface area contributed by atoms with Crippen molar-refractivity contribution in [2.24, 2.45) is 0 Å². The van der Waals surface area contributed by atoms with Gasteiger partial charge >= 0.3 is 0 Å². The molecule has 1 amide bonds. The standard InChI is InChI=1S/C18H27N5O/c1-7-19-17(24)14-8-9-16(20-10-14)21-12(2)15-11-23(18(4,5)6)22-13(15)3/h8-12H,7H2,1-6H3,(H,19,24)(H,20,21). The second kappa shape index (κ2) is 7.03. The molecule has 0 aliphatic carbocycles. The van der Waals surface area contributed by atoms with Crippen LogP contribution in [0.5, 0.6) is 0 Å². The number of hydrogen-bond donors (Lipinski definition) is 2. The summed E-state index contributed by atoms with van der Waals surface area (Å²) >= 11 is 0. The van der Waals surface area contributed by atoms with Crippen molar-refractivity contribution >= 4 is 11.7 Å². The molecule has 0 bridgehead atoms. The number of aromatic nitrogens is 3. The molecule has 0 saturated heterocycles. The van der Waals surface area contributed by atoms with Crippen LogP contribution < -0.4 is 10.6 Å². The molecule has 0 aliphatic rings. The van der Waals surface area contributed by atoms with E-state index in [9.17, 15) is 4.79 Å². The zero-order chi connectivity index (χ0) is 17.9. The van der Waals surface area contributed by atoms with Crippen LogP contribution in [0, 0.1) is 6.92 Å². The van der Waals surface area contributed by atoms with E-state index in [1.165, 1.54) is 0 Å². The number of amides is 1. The van der Waals surface area contributed by atoms with Crippen LogP contribution >= 0.6 is 0 Å². The van der Waals surface area contributed by atoms with Gasteiger partial charge in [0.25, 0.3) is 5.91 Å². The van der Waals surface area contributed by atoms with Crippen LogP contribution in [0.25, 0.3) is 0 Å². The molecule has 0 saturated carbocycles. The summed E-state index contributed by atoms with van der Waals surface area (Å²) in [6, 6.07) is 3.67. The van der Waals surface area contributed by atoms with Crippen LogP contribution in [-0.2, 0) is 5.54 Å². The lowest BCUT2D eigenvalue weighted by Gasteiger charge is -2.19. The molecule has 2 aromatic heterocycles. The quantitative estimate of drug-likeness (QED) is 0.883. The first-order valence-corrected chi connectivity index (χ1v) is 8.29. The third-order valence-electron chi connectivity index (χ3n) is 3.82. The Balaban J connectivity index is 2.11. The molecule has 0 radical (unpaired) electrons. The Labute approximate surface area is 143 Å². The zero-order valence-corrected chi connectivity index (χ0v) is 15.3. The lowest BCUT2D eigenvalue weighted by atomic mass is 10.1. The van der Waals surface area contributed by atoms with Gasteiger partial charge < -0.3 is 10.6 Å². The maximum atomic E-state index is 11.8. The van der Waals surface area contributed by atoms with Crippen molar-refractivity contribution in [2.45, 2.75) is 53.1 Å². The van der Waals surface area contributed by atoms with Crippen molar-refractivity contribution in [3.8, 4) is 0 Å². The van der Waals surface area contributed by atoms with Crippen LogP contribution in [0.4, 0.5) is 5.82 Å². The number of hydrogen-bond acceptors (Lipinski definition) is 4. The molecule has 0 aliphatic heterocycles. The normalized spacial score (nSPS) is 12.8. The fourth-order valence-corrected chi connectivity index (χ4v) is 2.42. The highest BCUT2D eigenvalue weighted by Crippen LogP contribution is 2.23. The Morgan fingerprint density at radius 1 is 1.33 bits per heavy atom. The van der Waals surface area contributed by atoms with Gasteiger partial charge in [-0.3, -0.25) is 9.48 Å². The van der Waals surface area contributed by atoms with E-state index in [0.29, 0.717) is 12.1 Å². The maximum Gasteiger partial charge on any atom is 0.252 e. The summed E-state index contributed by atoms with van der Waals surface area (Å²) in [5, 5.41) is 10.7. The van der Waals surface area contributed by atoms with Gasteiger partial charge in [0.1, 0.15) is 5.82 Å². The van der Waals surface area contributed by atoms with Gasteiger partial charge in [0.15, 0.2) is 0 Å². The second-order valence-electron chi connectivity index (χ2n) is 6.94. The van der Waals surface area contributed by atoms with E-state index < -0.39 is 0 Å². The molecule has 24 heavy (non-hydrogen) atoms. The number of carbonyl (C=O) groups is 1. The zero-order valence-electron chi connectivity index (χ0n) is 15.3. The predicted molar refractivity (Wildman–Crippen MR) is 96.2 cm³/mol. The fraction of sp³-hybridized carbons (Fsp3) is 0.500. The van der Waals surface area contributed by atoms with E-state index in [4.69, 9.17) is 0 Å². The average Bonchev–Trinajstić information content (AvgIpc) is 2.90. The minimum atomic E-state index is -0.105. The molecule has 2 heterocycles. The Kier molecular flexibility index (Phi) is 5.26. The molecule has 0 fully saturated rings. The van der Waals surface area contributed by atoms with Gasteiger partial charge in [-0.1, -0.05) is 0 Å². The van der Waals surface area contributed by atoms with E-state index in [0.717, 1.165) is 17.1 Å². The Bertz CT molecular complexity index is 697. The molecule has 2 aromatic rings. The molecule has 2 N–H and O–H groups in total. The van der Waals surface area contributed by atoms with E-state index in [2.05, 4.69) is 54.6 Å². The summed E-state index contributed by atoms with van der Waals surface area (Å²) in [6.45, 7) is 13.0. The average molecular weight is 329 g/mol. The van der Waals surface area contributed by atoms with Crippen LogP contribution in [0.1, 0.15) is 62.3 Å². The summed E-state index contributed by atoms with van der Waals surface area (Å²) in [7, 11) is 0. The highest BCUT2D eigenvalue weighted by molar-refractivity contribution is 5.93. The Morgan fingerprint density at radius 3 is 2.54 bits per heavy atom. The fourth-order valence-electron chi connectivity index (χ4n) is 2.42. The first kappa shape index (κ1) is 18.0. The highest BCUT2D eigenvalue weighted by atomic mass is 16.1. The predicted octanol–water partition coefficient (Wildman–Crippen LogP) is 3.26. The van der Waals surface area contributed by atoms with E-state index in [-0.39, 0.29) is 17.5 Å². The van der Waals surface area contributed by atoms with Crippen molar-refractivity contribution < 1.29 is 4.79 Å². The van der Waals surface area contributed by atoms with E-state index >= 15 is 0 Å². The summed E-state index contributed by atoms with van der Waals surface area (Å²) < 4.78 is 1.99. The minimum absolute atomic E-state index is 0.0464. The largest absolute Gasteiger partial charge is 0.363 e. The van der Waals surface area contributed by atoms with Gasteiger partial charge in [0.05, 0.1) is 22.8 Å². The summed E-state index contributed by atoms with van der Waals surface area (Å²) in [4.78, 5) is 16.1. The monoisotopic (exact) mass is 329 g/mol. The van der Waals surface area contributed by atoms with Crippen molar-refractivity contribution in [1.82, 2.24) is 20.1 Å². The molecule has 6 nitrogen and oxygen atoms in total. The Morgan fingerprint density at radius 2 is 2.04 bits per heavy atom. The van der Waals surface area contributed by atoms with Crippen molar-refractivity contribution in [2.75, 3.05) is 11.9 Å². The number of anilines is 1. The van der Waals surface area contributed by atoms with Crippen LogP contribution in [0.3, 0.4) is 0 Å². The van der Waals surface area contributed by atoms with Gasteiger partial charge in [-0.25, -0.2) is 4.98 Å². The lowest BCUT2D eigenvalue weighted by molar-refractivity contribution is 0.0955. The molecular formula is C18H27N5O. The number of carbonyl (C=O) groups excluding carboxylic acids is 1. The first-order valence-electron chi connectivity index (χ1n) is 8.29. The van der Waals surface area contributed by atoms with Gasteiger partial charge in [-0.05, 0) is 53.7 Å². The molecule has 6 heteroatoms. The van der Waals surface area contributed by atoms with Crippen molar-refractivity contribution in [3.63, 3.8) is 0 Å². The number of pyridine rings is 1. The minimum Gasteiger partial charge on any atom is -0.363 e. The van der Waals surface area contributed by atoms with E-state index in [1.807, 2.05) is 24.6 Å². The van der Waals surface area contributed by atoms with Crippen molar-refractivity contribution in [3.05, 3.63) is 41.3 Å². The van der Waals surface area contributed by atoms with Crippen LogP contribution in [0.15, 0.2) is 24.5 Å². The smallest absolute Gasteiger partial charge is 0.252 e. The maximum absolute atomic E-state index is 11.8. The third kappa shape index (κ3) is 4.13. The first-order chi connectivity index (χ1) is 11.2. The number of aryl methyl sites for hydroxylation is 1. The Hall–Kier alpha value is -2.37. The molecule has 2 rings (SSSR count). The summed E-state index contributed by atoms with van der Waals surface area (Å²) in [6.07, 6.45) is 3.67. The lowest BCUT2D eigenvalue weighted by Crippen LogP contribution is -2.22. The van der Waals surface area contributed by atoms with Gasteiger partial charge in [0.2, 0.25) is 0 Å². The van der Waals surface area contributed by atoms with E-state index in [1.54, 1.807) is 12.3 Å². The number of nitrogens with zero attached hydrogens (tertiary/aromatic N) is 3. The molecule has 0 spiro atoms. The third-order valence-corrected chi connectivity index (χ3v) is 3.82. The molecule has 0 aromatic carbocycles. The van der Waals surface area contributed by atoms with Crippen LogP contribution in [-0.4, -0.2) is 27.2 Å². The molecule has 130 valence electrons. The van der Waals surface area contributed by atoms with Crippen molar-refractivity contribution in [1.29, 1.82) is 0 Å². The summed E-state index contributed by atoms with van der Waals surface area (Å²) in [5.74, 6) is 0.630. The second-order valence-corrected chi connectivity index (χ2v) is 6.94. The van der Waals surface area contributed by atoms with Crippen LogP contribution in [0.2, 0.25) is 0 Å². The summed E-state index contributed by atoms with van der Waals surface area (Å²) in [5.41, 5.74) is 2.66. The number of rotatable bonds is 5. The topological polar surface area (TPSA) is 71.8 Å². The van der Waals surface area contributed by atoms with Gasteiger partial charge in [-0.15, -0.1) is 0 Å². The van der Waals surface area contributed by atoms with Gasteiger partial charge in [0, 0.05) is 24.5 Å². The number of nitrogens with one attached hydrogen (secondary N) is 2. The highest BCUT2D eigenvalue weighted by Gasteiger charge is 2.19. The SMILES string of the molecule is CCNC(=O)c1ccc(NC(C)c2cn(C(C)(C)C)nc2C)nc1.